The summed E-state index contributed by atoms with van der Waals surface area (Å²) in [7, 11) is 0. The number of carboxylic acid groups (broad SMARTS) is 1. The van der Waals surface area contributed by atoms with Crippen molar-refractivity contribution in [1.29, 1.82) is 0 Å². The third-order valence-electron chi connectivity index (χ3n) is 4.12. The van der Waals surface area contributed by atoms with Crippen LogP contribution in [-0.2, 0) is 9.59 Å². The first-order valence-electron chi connectivity index (χ1n) is 7.84. The van der Waals surface area contributed by atoms with E-state index in [4.69, 9.17) is 5.11 Å². The monoisotopic (exact) mass is 339 g/mol. The minimum atomic E-state index is -0.765. The van der Waals surface area contributed by atoms with Crippen LogP contribution in [0.25, 0.3) is 0 Å². The van der Waals surface area contributed by atoms with E-state index in [1.807, 2.05) is 11.8 Å². The molecule has 0 aromatic heterocycles. The predicted molar refractivity (Wildman–Crippen MR) is 87.8 cm³/mol. The topological polar surface area (TPSA) is 57.6 Å². The summed E-state index contributed by atoms with van der Waals surface area (Å²) >= 11 is 1.55. The maximum Gasteiger partial charge on any atom is 0.303 e. The van der Waals surface area contributed by atoms with Crippen molar-refractivity contribution < 1.29 is 19.1 Å². The van der Waals surface area contributed by atoms with Crippen molar-refractivity contribution in [2.24, 2.45) is 11.8 Å². The quantitative estimate of drug-likeness (QED) is 0.808. The summed E-state index contributed by atoms with van der Waals surface area (Å²) < 4.78 is 12.9. The van der Waals surface area contributed by atoms with E-state index in [1.165, 1.54) is 12.1 Å². The third-order valence-corrected chi connectivity index (χ3v) is 5.40. The molecule has 23 heavy (non-hydrogen) atoms. The molecule has 1 aliphatic rings. The minimum Gasteiger partial charge on any atom is -0.481 e. The normalized spacial score (nSPS) is 17.0. The van der Waals surface area contributed by atoms with E-state index in [0.717, 1.165) is 17.7 Å². The Hall–Kier alpha value is -1.56. The molecular weight excluding hydrogens is 317 g/mol. The van der Waals surface area contributed by atoms with Crippen molar-refractivity contribution in [1.82, 2.24) is 4.90 Å². The Morgan fingerprint density at radius 1 is 1.30 bits per heavy atom. The number of piperidine rings is 1. The second-order valence-corrected chi connectivity index (χ2v) is 7.13. The molecule has 4 nitrogen and oxygen atoms in total. The van der Waals surface area contributed by atoms with Gasteiger partial charge in [-0.15, -0.1) is 11.8 Å². The highest BCUT2D eigenvalue weighted by atomic mass is 32.2. The molecule has 1 saturated heterocycles. The number of halogens is 1. The fourth-order valence-corrected chi connectivity index (χ4v) is 3.65. The number of nitrogens with zero attached hydrogens (tertiary/aromatic N) is 1. The van der Waals surface area contributed by atoms with Crippen molar-refractivity contribution in [3.63, 3.8) is 0 Å². The molecule has 0 saturated carbocycles. The van der Waals surface area contributed by atoms with Gasteiger partial charge in [-0.3, -0.25) is 9.59 Å². The lowest BCUT2D eigenvalue weighted by Gasteiger charge is -2.33. The Morgan fingerprint density at radius 2 is 1.91 bits per heavy atom. The van der Waals surface area contributed by atoms with Gasteiger partial charge in [0.05, 0.1) is 0 Å². The van der Waals surface area contributed by atoms with Crippen LogP contribution in [0.2, 0.25) is 0 Å². The summed E-state index contributed by atoms with van der Waals surface area (Å²) in [6, 6.07) is 6.27. The summed E-state index contributed by atoms with van der Waals surface area (Å²) in [6.07, 6.45) is 1.71. The molecule has 2 rings (SSSR count). The predicted octanol–water partition coefficient (Wildman–Crippen LogP) is 3.27. The first-order valence-corrected chi connectivity index (χ1v) is 8.83. The highest BCUT2D eigenvalue weighted by Gasteiger charge is 2.26. The van der Waals surface area contributed by atoms with Crippen LogP contribution < -0.4 is 0 Å². The highest BCUT2D eigenvalue weighted by molar-refractivity contribution is 7.99. The Labute approximate surface area is 140 Å². The number of hydrogen-bond acceptors (Lipinski definition) is 3. The third kappa shape index (κ3) is 5.53. The standard InChI is InChI=1S/C17H22FNO3S/c1-12(11-23-15-4-2-14(18)3-5-15)17(22)19-8-6-13(7-9-19)10-16(20)21/h2-5,12-13H,6-11H2,1H3,(H,20,21). The molecule has 1 aromatic rings. The van der Waals surface area contributed by atoms with Gasteiger partial charge in [0.25, 0.3) is 0 Å². The van der Waals surface area contributed by atoms with Crippen LogP contribution in [-0.4, -0.2) is 40.7 Å². The number of likely N-dealkylation sites (tertiary alicyclic amines) is 1. The van der Waals surface area contributed by atoms with Crippen LogP contribution in [0.15, 0.2) is 29.2 Å². The lowest BCUT2D eigenvalue weighted by molar-refractivity contribution is -0.139. The first-order chi connectivity index (χ1) is 11.0. The van der Waals surface area contributed by atoms with E-state index in [2.05, 4.69) is 0 Å². The van der Waals surface area contributed by atoms with E-state index < -0.39 is 5.97 Å². The second-order valence-electron chi connectivity index (χ2n) is 6.03. The first kappa shape index (κ1) is 17.8. The maximum atomic E-state index is 12.9. The Balaban J connectivity index is 1.76. The molecular formula is C17H22FNO3S. The Bertz CT molecular complexity index is 541. The van der Waals surface area contributed by atoms with Crippen LogP contribution in [0.5, 0.6) is 0 Å². The van der Waals surface area contributed by atoms with E-state index in [-0.39, 0.29) is 30.0 Å². The van der Waals surface area contributed by atoms with Crippen molar-refractivity contribution in [3.8, 4) is 0 Å². The number of carbonyl (C=O) groups is 2. The number of rotatable bonds is 6. The van der Waals surface area contributed by atoms with Gasteiger partial charge in [-0.1, -0.05) is 6.92 Å². The summed E-state index contributed by atoms with van der Waals surface area (Å²) in [5.74, 6) is -0.184. The molecule has 1 N–H and O–H groups in total. The van der Waals surface area contributed by atoms with Gasteiger partial charge < -0.3 is 10.0 Å². The average molecular weight is 339 g/mol. The zero-order valence-electron chi connectivity index (χ0n) is 13.2. The van der Waals surface area contributed by atoms with E-state index in [9.17, 15) is 14.0 Å². The van der Waals surface area contributed by atoms with Gasteiger partial charge >= 0.3 is 5.97 Å². The number of aliphatic carboxylic acids is 1. The van der Waals surface area contributed by atoms with Gasteiger partial charge in [0.1, 0.15) is 5.82 Å². The molecule has 1 heterocycles. The van der Waals surface area contributed by atoms with E-state index in [0.29, 0.717) is 18.8 Å². The molecule has 0 aliphatic carbocycles. The van der Waals surface area contributed by atoms with Crippen LogP contribution >= 0.6 is 11.8 Å². The summed E-state index contributed by atoms with van der Waals surface area (Å²) in [4.78, 5) is 26.0. The lowest BCUT2D eigenvalue weighted by Crippen LogP contribution is -2.42. The molecule has 1 aliphatic heterocycles. The van der Waals surface area contributed by atoms with Crippen molar-refractivity contribution in [3.05, 3.63) is 30.1 Å². The van der Waals surface area contributed by atoms with Crippen LogP contribution in [0.1, 0.15) is 26.2 Å². The fraction of sp³-hybridized carbons (Fsp3) is 0.529. The molecule has 1 atom stereocenters. The Kier molecular flexibility index (Phi) is 6.45. The molecule has 1 fully saturated rings. The number of benzene rings is 1. The molecule has 0 radical (unpaired) electrons. The average Bonchev–Trinajstić information content (AvgIpc) is 2.53. The zero-order chi connectivity index (χ0) is 16.8. The minimum absolute atomic E-state index is 0.110. The van der Waals surface area contributed by atoms with Gasteiger partial charge in [-0.25, -0.2) is 4.39 Å². The van der Waals surface area contributed by atoms with Crippen LogP contribution in [0.3, 0.4) is 0 Å². The van der Waals surface area contributed by atoms with Gasteiger partial charge in [0, 0.05) is 36.1 Å². The Morgan fingerprint density at radius 3 is 2.48 bits per heavy atom. The van der Waals surface area contributed by atoms with Crippen molar-refractivity contribution >= 4 is 23.6 Å². The summed E-state index contributed by atoms with van der Waals surface area (Å²) in [6.45, 7) is 3.19. The lowest BCUT2D eigenvalue weighted by atomic mass is 9.93. The molecule has 126 valence electrons. The number of carboxylic acids is 1. The smallest absolute Gasteiger partial charge is 0.303 e. The maximum absolute atomic E-state index is 12.9. The number of carbonyl (C=O) groups excluding carboxylic acids is 1. The van der Waals surface area contributed by atoms with E-state index in [1.54, 1.807) is 23.9 Å². The molecule has 1 aromatic carbocycles. The molecule has 0 bridgehead atoms. The fourth-order valence-electron chi connectivity index (χ4n) is 2.74. The van der Waals surface area contributed by atoms with Crippen LogP contribution in [0, 0.1) is 17.7 Å². The number of hydrogen-bond donors (Lipinski definition) is 1. The second kappa shape index (κ2) is 8.34. The largest absolute Gasteiger partial charge is 0.481 e. The van der Waals surface area contributed by atoms with E-state index >= 15 is 0 Å². The molecule has 6 heteroatoms. The number of amides is 1. The highest BCUT2D eigenvalue weighted by Crippen LogP contribution is 2.25. The SMILES string of the molecule is CC(CSc1ccc(F)cc1)C(=O)N1CCC(CC(=O)O)CC1. The van der Waals surface area contributed by atoms with Crippen molar-refractivity contribution in [2.45, 2.75) is 31.1 Å². The van der Waals surface area contributed by atoms with Crippen molar-refractivity contribution in [2.75, 3.05) is 18.8 Å². The number of thioether (sulfide) groups is 1. The summed E-state index contributed by atoms with van der Waals surface area (Å²) in [5, 5.41) is 8.82. The van der Waals surface area contributed by atoms with Gasteiger partial charge in [0.15, 0.2) is 0 Å². The van der Waals surface area contributed by atoms with Gasteiger partial charge in [0.2, 0.25) is 5.91 Å². The molecule has 0 spiro atoms. The molecule has 1 amide bonds. The summed E-state index contributed by atoms with van der Waals surface area (Å²) in [5.41, 5.74) is 0. The molecule has 1 unspecified atom stereocenters. The van der Waals surface area contributed by atoms with Gasteiger partial charge in [-0.05, 0) is 43.0 Å². The van der Waals surface area contributed by atoms with Crippen LogP contribution in [0.4, 0.5) is 4.39 Å². The van der Waals surface area contributed by atoms with Gasteiger partial charge in [-0.2, -0.15) is 0 Å². The zero-order valence-corrected chi connectivity index (χ0v) is 14.0.